The van der Waals surface area contributed by atoms with Crippen LogP contribution in [0.5, 0.6) is 0 Å². The van der Waals surface area contributed by atoms with E-state index in [0.29, 0.717) is 16.5 Å². The molecule has 72 valence electrons. The highest BCUT2D eigenvalue weighted by atomic mass is 79.9. The molecule has 0 saturated heterocycles. The van der Waals surface area contributed by atoms with Crippen LogP contribution in [0.4, 0.5) is 5.69 Å². The van der Waals surface area contributed by atoms with E-state index in [1.54, 1.807) is 13.0 Å². The smallest absolute Gasteiger partial charge is 0.0965 e. The summed E-state index contributed by atoms with van der Waals surface area (Å²) in [5.74, 6) is 0.499. The Morgan fingerprint density at radius 1 is 1.54 bits per heavy atom. The molecule has 0 aliphatic rings. The van der Waals surface area contributed by atoms with E-state index in [2.05, 4.69) is 20.9 Å². The van der Waals surface area contributed by atoms with Gasteiger partial charge in [0.1, 0.15) is 0 Å². The molecule has 0 radical (unpaired) electrons. The molecular weight excluding hydrogens is 275 g/mol. The van der Waals surface area contributed by atoms with Crippen LogP contribution < -0.4 is 5.73 Å². The van der Waals surface area contributed by atoms with Crippen molar-refractivity contribution >= 4 is 51.5 Å². The van der Waals surface area contributed by atoms with Gasteiger partial charge in [0, 0.05) is 4.47 Å². The largest absolute Gasteiger partial charge is 0.387 e. The lowest BCUT2D eigenvalue weighted by molar-refractivity contribution is 1.44. The van der Waals surface area contributed by atoms with Crippen molar-refractivity contribution in [2.75, 3.05) is 0 Å². The van der Waals surface area contributed by atoms with E-state index in [-0.39, 0.29) is 12.4 Å². The summed E-state index contributed by atoms with van der Waals surface area (Å²) in [6.45, 7) is 1.72. The maximum absolute atomic E-state index is 5.88. The fourth-order valence-electron chi connectivity index (χ4n) is 0.762. The molecule has 0 heterocycles. The highest BCUT2D eigenvalue weighted by molar-refractivity contribution is 9.10. The Hall–Kier alpha value is -0.250. The summed E-state index contributed by atoms with van der Waals surface area (Å²) in [7, 11) is 0. The second-order valence-electron chi connectivity index (χ2n) is 2.35. The summed E-state index contributed by atoms with van der Waals surface area (Å²) in [6, 6.07) is 5.46. The predicted octanol–water partition coefficient (Wildman–Crippen LogP) is 3.53. The van der Waals surface area contributed by atoms with E-state index in [1.165, 1.54) is 0 Å². The van der Waals surface area contributed by atoms with Gasteiger partial charge >= 0.3 is 0 Å². The Morgan fingerprint density at radius 3 is 2.62 bits per heavy atom. The van der Waals surface area contributed by atoms with Gasteiger partial charge in [0.15, 0.2) is 0 Å². The highest BCUT2D eigenvalue weighted by Crippen LogP contribution is 2.27. The Kier molecular flexibility index (Phi) is 5.37. The van der Waals surface area contributed by atoms with Crippen LogP contribution in [0.2, 0.25) is 5.02 Å². The molecule has 0 amide bonds. The minimum atomic E-state index is 0. The number of halogens is 3. The van der Waals surface area contributed by atoms with Crippen LogP contribution >= 0.6 is 39.9 Å². The van der Waals surface area contributed by atoms with Crippen molar-refractivity contribution in [3.63, 3.8) is 0 Å². The maximum atomic E-state index is 5.88. The summed E-state index contributed by atoms with van der Waals surface area (Å²) in [4.78, 5) is 4.04. The molecule has 1 rings (SSSR count). The van der Waals surface area contributed by atoms with E-state index in [4.69, 9.17) is 17.3 Å². The van der Waals surface area contributed by atoms with Gasteiger partial charge in [-0.05, 0) is 25.1 Å². The van der Waals surface area contributed by atoms with Crippen molar-refractivity contribution in [2.24, 2.45) is 10.7 Å². The van der Waals surface area contributed by atoms with Crippen LogP contribution in [0.3, 0.4) is 0 Å². The number of benzene rings is 1. The van der Waals surface area contributed by atoms with Gasteiger partial charge in [0.2, 0.25) is 0 Å². The van der Waals surface area contributed by atoms with Gasteiger partial charge in [-0.25, -0.2) is 4.99 Å². The lowest BCUT2D eigenvalue weighted by Crippen LogP contribution is -2.03. The fourth-order valence-corrected chi connectivity index (χ4v) is 1.48. The van der Waals surface area contributed by atoms with Crippen LogP contribution in [0.1, 0.15) is 6.92 Å². The van der Waals surface area contributed by atoms with Crippen molar-refractivity contribution in [2.45, 2.75) is 6.92 Å². The minimum absolute atomic E-state index is 0. The van der Waals surface area contributed by atoms with E-state index < -0.39 is 0 Å². The van der Waals surface area contributed by atoms with E-state index in [9.17, 15) is 0 Å². The van der Waals surface area contributed by atoms with Gasteiger partial charge in [-0.2, -0.15) is 0 Å². The molecule has 0 aliphatic carbocycles. The predicted molar refractivity (Wildman–Crippen MR) is 63.4 cm³/mol. The van der Waals surface area contributed by atoms with Crippen LogP contribution in [0, 0.1) is 0 Å². The standard InChI is InChI=1S/C8H8BrClN2.ClH/c1-5(11)12-8-3-2-6(9)4-7(8)10;/h2-4H,1H3,(H2,11,12);1H. The van der Waals surface area contributed by atoms with Crippen LogP contribution in [-0.2, 0) is 0 Å². The summed E-state index contributed by atoms with van der Waals surface area (Å²) in [5.41, 5.74) is 6.11. The average molecular weight is 284 g/mol. The summed E-state index contributed by atoms with van der Waals surface area (Å²) < 4.78 is 0.932. The average Bonchev–Trinajstić information content (AvgIpc) is 1.94. The third-order valence-corrected chi connectivity index (χ3v) is 2.00. The number of hydrogen-bond donors (Lipinski definition) is 1. The van der Waals surface area contributed by atoms with E-state index in [0.717, 1.165) is 4.47 Å². The van der Waals surface area contributed by atoms with Crippen molar-refractivity contribution in [3.8, 4) is 0 Å². The maximum Gasteiger partial charge on any atom is 0.0965 e. The first kappa shape index (κ1) is 12.8. The first-order valence-electron chi connectivity index (χ1n) is 3.35. The molecular formula is C8H9BrCl2N2. The third kappa shape index (κ3) is 3.98. The lowest BCUT2D eigenvalue weighted by Gasteiger charge is -1.98. The number of nitrogens with two attached hydrogens (primary N) is 1. The van der Waals surface area contributed by atoms with Crippen molar-refractivity contribution in [3.05, 3.63) is 27.7 Å². The molecule has 0 saturated carbocycles. The molecule has 5 heteroatoms. The van der Waals surface area contributed by atoms with Gasteiger partial charge in [-0.1, -0.05) is 27.5 Å². The Labute approximate surface area is 96.7 Å². The summed E-state index contributed by atoms with van der Waals surface area (Å²) >= 11 is 9.18. The molecule has 0 atom stereocenters. The van der Waals surface area contributed by atoms with Gasteiger partial charge in [0.25, 0.3) is 0 Å². The number of aliphatic imine (C=N–C) groups is 1. The molecule has 1 aromatic rings. The zero-order chi connectivity index (χ0) is 9.14. The van der Waals surface area contributed by atoms with Gasteiger partial charge in [0.05, 0.1) is 16.5 Å². The number of amidine groups is 1. The first-order valence-corrected chi connectivity index (χ1v) is 4.52. The monoisotopic (exact) mass is 282 g/mol. The van der Waals surface area contributed by atoms with Gasteiger partial charge in [-0.3, -0.25) is 0 Å². The number of nitrogens with zero attached hydrogens (tertiary/aromatic N) is 1. The number of hydrogen-bond acceptors (Lipinski definition) is 1. The fraction of sp³-hybridized carbons (Fsp3) is 0.125. The lowest BCUT2D eigenvalue weighted by atomic mass is 10.3. The zero-order valence-electron chi connectivity index (χ0n) is 6.92. The van der Waals surface area contributed by atoms with Crippen LogP contribution in [0.25, 0.3) is 0 Å². The Morgan fingerprint density at radius 2 is 2.15 bits per heavy atom. The number of rotatable bonds is 1. The second kappa shape index (κ2) is 5.47. The normalized spacial score (nSPS) is 10.8. The molecule has 2 N–H and O–H groups in total. The van der Waals surface area contributed by atoms with Gasteiger partial charge in [-0.15, -0.1) is 12.4 Å². The van der Waals surface area contributed by atoms with E-state index in [1.807, 2.05) is 12.1 Å². The molecule has 0 fully saturated rings. The molecule has 0 unspecified atom stereocenters. The minimum Gasteiger partial charge on any atom is -0.387 e. The highest BCUT2D eigenvalue weighted by Gasteiger charge is 1.98. The third-order valence-electron chi connectivity index (χ3n) is 1.21. The van der Waals surface area contributed by atoms with Crippen molar-refractivity contribution in [1.29, 1.82) is 0 Å². The van der Waals surface area contributed by atoms with Crippen molar-refractivity contribution in [1.82, 2.24) is 0 Å². The van der Waals surface area contributed by atoms with Crippen LogP contribution in [0.15, 0.2) is 27.7 Å². The Balaban J connectivity index is 0.00000144. The zero-order valence-corrected chi connectivity index (χ0v) is 10.1. The van der Waals surface area contributed by atoms with Gasteiger partial charge < -0.3 is 5.73 Å². The quantitative estimate of drug-likeness (QED) is 0.621. The SMILES string of the molecule is CC(N)=Nc1ccc(Br)cc1Cl.Cl. The second-order valence-corrected chi connectivity index (χ2v) is 3.67. The Bertz CT molecular complexity index is 322. The summed E-state index contributed by atoms with van der Waals surface area (Å²) in [5, 5.41) is 0.592. The molecule has 13 heavy (non-hydrogen) atoms. The topological polar surface area (TPSA) is 38.4 Å². The van der Waals surface area contributed by atoms with E-state index >= 15 is 0 Å². The molecule has 1 aromatic carbocycles. The van der Waals surface area contributed by atoms with Crippen LogP contribution in [-0.4, -0.2) is 5.84 Å². The molecule has 0 aliphatic heterocycles. The first-order chi connectivity index (χ1) is 5.59. The molecule has 0 aromatic heterocycles. The molecule has 2 nitrogen and oxygen atoms in total. The summed E-state index contributed by atoms with van der Waals surface area (Å²) in [6.07, 6.45) is 0. The van der Waals surface area contributed by atoms with Crippen molar-refractivity contribution < 1.29 is 0 Å². The molecule has 0 spiro atoms. The molecule has 0 bridgehead atoms.